The monoisotopic (exact) mass is 406 g/mol. The summed E-state index contributed by atoms with van der Waals surface area (Å²) >= 11 is 7.30. The molecule has 2 nitrogen and oxygen atoms in total. The summed E-state index contributed by atoms with van der Waals surface area (Å²) in [4.78, 5) is 11.6. The van der Waals surface area contributed by atoms with Gasteiger partial charge in [-0.25, -0.2) is 4.79 Å². The van der Waals surface area contributed by atoms with Gasteiger partial charge in [-0.1, -0.05) is 70.8 Å². The molecule has 0 bridgehead atoms. The molecule has 5 heteroatoms. The predicted octanol–water partition coefficient (Wildman–Crippen LogP) is 4.71. The van der Waals surface area contributed by atoms with E-state index in [1.54, 1.807) is 0 Å². The van der Waals surface area contributed by atoms with Crippen LogP contribution in [0.3, 0.4) is 0 Å². The summed E-state index contributed by atoms with van der Waals surface area (Å²) in [7, 11) is -0.0924. The number of carbonyl (C=O) groups excluding carboxylic acids is 1. The molecule has 0 radical (unpaired) electrons. The maximum atomic E-state index is 11.6. The van der Waals surface area contributed by atoms with Gasteiger partial charge in [0, 0.05) is 8.95 Å². The topological polar surface area (TPSA) is 26.3 Å². The third kappa shape index (κ3) is 3.31. The molecule has 0 atom stereocenters. The zero-order valence-corrected chi connectivity index (χ0v) is 16.0. The maximum Gasteiger partial charge on any atom is 0.337 e. The minimum Gasteiger partial charge on any atom is -0.465 e. The first-order valence-corrected chi connectivity index (χ1v) is 10.7. The largest absolute Gasteiger partial charge is 0.465 e. The summed E-state index contributed by atoms with van der Waals surface area (Å²) in [5.41, 5.74) is 0.580. The highest BCUT2D eigenvalue weighted by Gasteiger charge is 2.33. The van der Waals surface area contributed by atoms with Crippen LogP contribution in [0.2, 0.25) is 18.1 Å². The van der Waals surface area contributed by atoms with Crippen molar-refractivity contribution in [2.45, 2.75) is 38.9 Å². The Morgan fingerprint density at radius 2 is 1.53 bits per heavy atom. The van der Waals surface area contributed by atoms with Crippen LogP contribution in [0.1, 0.15) is 31.1 Å². The van der Waals surface area contributed by atoms with Gasteiger partial charge in [0.05, 0.1) is 20.7 Å². The molecule has 0 heterocycles. The zero-order valence-electron chi connectivity index (χ0n) is 11.8. The van der Waals surface area contributed by atoms with Gasteiger partial charge in [-0.2, -0.15) is 0 Å². The molecule has 0 fully saturated rings. The Hall–Kier alpha value is -0.133. The Kier molecular flexibility index (Phi) is 6.27. The van der Waals surface area contributed by atoms with Crippen molar-refractivity contribution in [3.63, 3.8) is 0 Å². The molecule has 0 spiro atoms. The second kappa shape index (κ2) is 7.04. The number of halogens is 2. The number of hydrogen-bond donors (Lipinski definition) is 0. The second-order valence-electron chi connectivity index (χ2n) is 4.65. The van der Waals surface area contributed by atoms with Gasteiger partial charge in [0.15, 0.2) is 0 Å². The van der Waals surface area contributed by atoms with Gasteiger partial charge in [0.1, 0.15) is 0 Å². The van der Waals surface area contributed by atoms with E-state index in [1.165, 1.54) is 30.4 Å². The molecule has 0 aliphatic carbocycles. The SMILES string of the molecule is CC[Si](CC)(CC)c1c(Br)cc(C(=O)OC)cc1Br. The Bertz CT molecular complexity index is 439. The number of benzene rings is 1. The number of carbonyl (C=O) groups is 1. The van der Waals surface area contributed by atoms with Crippen molar-refractivity contribution < 1.29 is 9.53 Å². The first-order chi connectivity index (χ1) is 8.95. The van der Waals surface area contributed by atoms with Gasteiger partial charge in [-0.3, -0.25) is 0 Å². The molecule has 0 saturated heterocycles. The highest BCUT2D eigenvalue weighted by atomic mass is 79.9. The van der Waals surface area contributed by atoms with Crippen LogP contribution >= 0.6 is 31.9 Å². The fraction of sp³-hybridized carbons (Fsp3) is 0.500. The third-order valence-corrected chi connectivity index (χ3v) is 11.7. The summed E-state index contributed by atoms with van der Waals surface area (Å²) in [6.45, 7) is 6.81. The standard InChI is InChI=1S/C14H20Br2O2Si/c1-5-19(6-2,7-3)13-11(15)8-10(9-12(13)16)14(17)18-4/h8-9H,5-7H2,1-4H3. The first-order valence-electron chi connectivity index (χ1n) is 6.53. The van der Waals surface area contributed by atoms with Gasteiger partial charge >= 0.3 is 5.97 Å². The Labute approximate surface area is 133 Å². The molecule has 0 aromatic heterocycles. The van der Waals surface area contributed by atoms with E-state index in [-0.39, 0.29) is 5.97 Å². The Balaban J connectivity index is 3.42. The maximum absolute atomic E-state index is 11.6. The lowest BCUT2D eigenvalue weighted by Crippen LogP contribution is -2.47. The Morgan fingerprint density at radius 1 is 1.11 bits per heavy atom. The van der Waals surface area contributed by atoms with Crippen molar-refractivity contribution in [2.24, 2.45) is 0 Å². The quantitative estimate of drug-likeness (QED) is 0.521. The van der Waals surface area contributed by atoms with Crippen LogP contribution in [-0.2, 0) is 4.74 Å². The molecule has 1 aromatic carbocycles. The van der Waals surface area contributed by atoms with Crippen molar-refractivity contribution in [1.29, 1.82) is 0 Å². The molecule has 19 heavy (non-hydrogen) atoms. The normalized spacial score (nSPS) is 11.5. The van der Waals surface area contributed by atoms with Gasteiger partial charge in [0.2, 0.25) is 0 Å². The van der Waals surface area contributed by atoms with E-state index in [0.717, 1.165) is 8.95 Å². The highest BCUT2D eigenvalue weighted by molar-refractivity contribution is 9.11. The van der Waals surface area contributed by atoms with Gasteiger partial charge in [-0.15, -0.1) is 0 Å². The number of esters is 1. The van der Waals surface area contributed by atoms with Crippen LogP contribution < -0.4 is 5.19 Å². The van der Waals surface area contributed by atoms with E-state index in [9.17, 15) is 4.79 Å². The van der Waals surface area contributed by atoms with Crippen LogP contribution in [0.25, 0.3) is 0 Å². The van der Waals surface area contributed by atoms with E-state index in [2.05, 4.69) is 52.6 Å². The minimum absolute atomic E-state index is 0.301. The van der Waals surface area contributed by atoms with Crippen molar-refractivity contribution in [1.82, 2.24) is 0 Å². The summed E-state index contributed by atoms with van der Waals surface area (Å²) in [5, 5.41) is 1.38. The number of rotatable bonds is 5. The average molecular weight is 408 g/mol. The molecule has 0 aliphatic heterocycles. The van der Waals surface area contributed by atoms with Crippen LogP contribution in [0.15, 0.2) is 21.1 Å². The Morgan fingerprint density at radius 3 is 1.84 bits per heavy atom. The van der Waals surface area contributed by atoms with E-state index in [4.69, 9.17) is 4.74 Å². The molecule has 0 N–H and O–H groups in total. The van der Waals surface area contributed by atoms with Gasteiger partial charge < -0.3 is 4.74 Å². The molecule has 106 valence electrons. The summed E-state index contributed by atoms with van der Waals surface area (Å²) in [6.07, 6.45) is 0. The van der Waals surface area contributed by atoms with Gasteiger partial charge in [0.25, 0.3) is 0 Å². The number of methoxy groups -OCH3 is 1. The second-order valence-corrected chi connectivity index (χ2v) is 11.5. The summed E-state index contributed by atoms with van der Waals surface area (Å²) in [5.74, 6) is -0.301. The predicted molar refractivity (Wildman–Crippen MR) is 90.0 cm³/mol. The van der Waals surface area contributed by atoms with E-state index < -0.39 is 8.07 Å². The molecule has 1 aromatic rings. The fourth-order valence-corrected chi connectivity index (χ4v) is 10.0. The van der Waals surface area contributed by atoms with Crippen molar-refractivity contribution >= 4 is 51.1 Å². The van der Waals surface area contributed by atoms with Crippen LogP contribution in [0.4, 0.5) is 0 Å². The lowest BCUT2D eigenvalue weighted by molar-refractivity contribution is 0.0600. The smallest absolute Gasteiger partial charge is 0.337 e. The third-order valence-electron chi connectivity index (χ3n) is 4.02. The molecule has 0 aliphatic rings. The van der Waals surface area contributed by atoms with Crippen LogP contribution in [0, 0.1) is 0 Å². The summed E-state index contributed by atoms with van der Waals surface area (Å²) < 4.78 is 6.84. The number of hydrogen-bond acceptors (Lipinski definition) is 2. The molecule has 1 rings (SSSR count). The van der Waals surface area contributed by atoms with E-state index >= 15 is 0 Å². The first kappa shape index (κ1) is 16.9. The fourth-order valence-electron chi connectivity index (χ4n) is 2.60. The van der Waals surface area contributed by atoms with E-state index in [0.29, 0.717) is 5.56 Å². The van der Waals surface area contributed by atoms with E-state index in [1.807, 2.05) is 12.1 Å². The highest BCUT2D eigenvalue weighted by Crippen LogP contribution is 2.29. The minimum atomic E-state index is -1.50. The lowest BCUT2D eigenvalue weighted by atomic mass is 10.2. The van der Waals surface area contributed by atoms with Crippen LogP contribution in [-0.4, -0.2) is 21.2 Å². The molecular formula is C14H20Br2O2Si. The van der Waals surface area contributed by atoms with Crippen molar-refractivity contribution in [3.05, 3.63) is 26.6 Å². The van der Waals surface area contributed by atoms with Gasteiger partial charge in [-0.05, 0) is 17.3 Å². The van der Waals surface area contributed by atoms with Crippen LogP contribution in [0.5, 0.6) is 0 Å². The number of ether oxygens (including phenoxy) is 1. The van der Waals surface area contributed by atoms with Crippen molar-refractivity contribution in [2.75, 3.05) is 7.11 Å². The zero-order chi connectivity index (χ0) is 14.6. The molecule has 0 saturated carbocycles. The molecular weight excluding hydrogens is 388 g/mol. The summed E-state index contributed by atoms with van der Waals surface area (Å²) in [6, 6.07) is 7.38. The molecule has 0 amide bonds. The average Bonchev–Trinajstić information content (AvgIpc) is 2.42. The molecule has 0 unspecified atom stereocenters. The van der Waals surface area contributed by atoms with Crippen molar-refractivity contribution in [3.8, 4) is 0 Å². The lowest BCUT2D eigenvalue weighted by Gasteiger charge is -2.31.